The van der Waals surface area contributed by atoms with Crippen LogP contribution in [0.1, 0.15) is 20.3 Å². The highest BCUT2D eigenvalue weighted by Gasteiger charge is 2.26. The van der Waals surface area contributed by atoms with Crippen molar-refractivity contribution < 1.29 is 4.79 Å². The highest BCUT2D eigenvalue weighted by atomic mass is 16.2. The molecule has 1 saturated heterocycles. The summed E-state index contributed by atoms with van der Waals surface area (Å²) in [6.45, 7) is 5.33. The largest absolute Gasteiger partial charge is 0.341 e. The maximum atomic E-state index is 11.3. The summed E-state index contributed by atoms with van der Waals surface area (Å²) < 4.78 is 0. The minimum atomic E-state index is -0.0424. The summed E-state index contributed by atoms with van der Waals surface area (Å²) in [5, 5.41) is 8.56. The fraction of sp³-hybridized carbons (Fsp3) is 0.778. The van der Waals surface area contributed by atoms with Gasteiger partial charge in [-0.05, 0) is 12.8 Å². The van der Waals surface area contributed by atoms with Crippen molar-refractivity contribution in [1.82, 2.24) is 4.90 Å². The van der Waals surface area contributed by atoms with E-state index in [0.717, 1.165) is 6.54 Å². The zero-order valence-corrected chi connectivity index (χ0v) is 7.58. The van der Waals surface area contributed by atoms with Gasteiger partial charge in [0.15, 0.2) is 0 Å². The maximum absolute atomic E-state index is 11.3. The molecule has 0 saturated carbocycles. The number of hydrogen-bond donors (Lipinski definition) is 0. The summed E-state index contributed by atoms with van der Waals surface area (Å²) in [7, 11) is 0. The number of likely N-dealkylation sites (tertiary alicyclic amines) is 1. The number of amides is 1. The average Bonchev–Trinajstić information content (AvgIpc) is 2.30. The molecule has 0 aliphatic carbocycles. The van der Waals surface area contributed by atoms with Crippen LogP contribution in [0.2, 0.25) is 0 Å². The second-order valence-corrected chi connectivity index (χ2v) is 3.64. The molecule has 0 aromatic rings. The van der Waals surface area contributed by atoms with Gasteiger partial charge >= 0.3 is 0 Å². The van der Waals surface area contributed by atoms with E-state index in [-0.39, 0.29) is 11.8 Å². The van der Waals surface area contributed by atoms with Crippen molar-refractivity contribution in [3.05, 3.63) is 0 Å². The predicted molar refractivity (Wildman–Crippen MR) is 45.1 cm³/mol. The van der Waals surface area contributed by atoms with Gasteiger partial charge < -0.3 is 4.90 Å². The molecule has 0 aromatic carbocycles. The topological polar surface area (TPSA) is 44.1 Å². The molecule has 0 aromatic heterocycles. The van der Waals surface area contributed by atoms with Crippen molar-refractivity contribution >= 4 is 5.91 Å². The predicted octanol–water partition coefficient (Wildman–Crippen LogP) is 1.01. The van der Waals surface area contributed by atoms with E-state index in [1.165, 1.54) is 0 Å². The van der Waals surface area contributed by atoms with Gasteiger partial charge in [-0.25, -0.2) is 0 Å². The highest BCUT2D eigenvalue weighted by Crippen LogP contribution is 2.17. The van der Waals surface area contributed by atoms with E-state index in [2.05, 4.69) is 13.0 Å². The second-order valence-electron chi connectivity index (χ2n) is 3.64. The standard InChI is InChI=1S/C9H14N2O/c1-7-3-9(12)11(5-7)6-8(2)4-10/h7-8H,3,5-6H2,1-2H3. The molecule has 1 heterocycles. The van der Waals surface area contributed by atoms with E-state index in [4.69, 9.17) is 5.26 Å². The van der Waals surface area contributed by atoms with E-state index in [1.807, 2.05) is 6.92 Å². The molecule has 0 spiro atoms. The number of carbonyl (C=O) groups excluding carboxylic acids is 1. The van der Waals surface area contributed by atoms with Crippen LogP contribution in [0.25, 0.3) is 0 Å². The molecule has 2 unspecified atom stereocenters. The van der Waals surface area contributed by atoms with Crippen LogP contribution in [0.4, 0.5) is 0 Å². The van der Waals surface area contributed by atoms with E-state index in [1.54, 1.807) is 4.90 Å². The summed E-state index contributed by atoms with van der Waals surface area (Å²) in [6, 6.07) is 2.13. The van der Waals surface area contributed by atoms with Crippen molar-refractivity contribution in [2.24, 2.45) is 11.8 Å². The third-order valence-electron chi connectivity index (χ3n) is 2.12. The third-order valence-corrected chi connectivity index (χ3v) is 2.12. The van der Waals surface area contributed by atoms with Crippen LogP contribution < -0.4 is 0 Å². The Morgan fingerprint density at radius 3 is 2.92 bits per heavy atom. The molecule has 1 rings (SSSR count). The molecular formula is C9H14N2O. The van der Waals surface area contributed by atoms with Crippen molar-refractivity contribution in [2.75, 3.05) is 13.1 Å². The van der Waals surface area contributed by atoms with Crippen LogP contribution in [-0.2, 0) is 4.79 Å². The first-order chi connectivity index (χ1) is 5.63. The Morgan fingerprint density at radius 1 is 1.83 bits per heavy atom. The van der Waals surface area contributed by atoms with Gasteiger partial charge in [0.2, 0.25) is 5.91 Å². The van der Waals surface area contributed by atoms with E-state index >= 15 is 0 Å². The molecule has 1 amide bonds. The zero-order valence-electron chi connectivity index (χ0n) is 7.58. The number of rotatable bonds is 2. The first-order valence-electron chi connectivity index (χ1n) is 4.31. The molecule has 66 valence electrons. The smallest absolute Gasteiger partial charge is 0.222 e. The van der Waals surface area contributed by atoms with Crippen LogP contribution in [0.3, 0.4) is 0 Å². The van der Waals surface area contributed by atoms with Gasteiger partial charge in [-0.15, -0.1) is 0 Å². The molecule has 3 nitrogen and oxygen atoms in total. The molecule has 1 fully saturated rings. The van der Waals surface area contributed by atoms with E-state index in [9.17, 15) is 4.79 Å². The molecule has 1 aliphatic rings. The number of nitrogens with zero attached hydrogens (tertiary/aromatic N) is 2. The maximum Gasteiger partial charge on any atom is 0.222 e. The Bertz CT molecular complexity index is 219. The van der Waals surface area contributed by atoms with Crippen molar-refractivity contribution in [3.63, 3.8) is 0 Å². The van der Waals surface area contributed by atoms with Gasteiger partial charge in [0.25, 0.3) is 0 Å². The van der Waals surface area contributed by atoms with Crippen LogP contribution in [0.15, 0.2) is 0 Å². The first kappa shape index (κ1) is 9.05. The van der Waals surface area contributed by atoms with Gasteiger partial charge in [-0.2, -0.15) is 5.26 Å². The summed E-state index contributed by atoms with van der Waals surface area (Å²) in [5.41, 5.74) is 0. The van der Waals surface area contributed by atoms with Crippen LogP contribution >= 0.6 is 0 Å². The summed E-state index contributed by atoms with van der Waals surface area (Å²) in [5.74, 6) is 0.618. The molecule has 0 bridgehead atoms. The zero-order chi connectivity index (χ0) is 9.14. The monoisotopic (exact) mass is 166 g/mol. The lowest BCUT2D eigenvalue weighted by Crippen LogP contribution is -2.29. The Labute approximate surface area is 73.0 Å². The van der Waals surface area contributed by atoms with Crippen molar-refractivity contribution in [3.8, 4) is 6.07 Å². The number of hydrogen-bond acceptors (Lipinski definition) is 2. The van der Waals surface area contributed by atoms with Crippen molar-refractivity contribution in [1.29, 1.82) is 5.26 Å². The summed E-state index contributed by atoms with van der Waals surface area (Å²) >= 11 is 0. The quantitative estimate of drug-likeness (QED) is 0.614. The summed E-state index contributed by atoms with van der Waals surface area (Å²) in [6.07, 6.45) is 0.651. The molecule has 12 heavy (non-hydrogen) atoms. The van der Waals surface area contributed by atoms with Crippen LogP contribution in [0, 0.1) is 23.2 Å². The second kappa shape index (κ2) is 3.57. The Morgan fingerprint density at radius 2 is 2.50 bits per heavy atom. The van der Waals surface area contributed by atoms with E-state index in [0.29, 0.717) is 18.9 Å². The van der Waals surface area contributed by atoms with Gasteiger partial charge in [-0.3, -0.25) is 4.79 Å². The van der Waals surface area contributed by atoms with Crippen LogP contribution in [0.5, 0.6) is 0 Å². The Kier molecular flexibility index (Phi) is 2.69. The minimum Gasteiger partial charge on any atom is -0.341 e. The molecule has 0 radical (unpaired) electrons. The lowest BCUT2D eigenvalue weighted by Gasteiger charge is -2.16. The van der Waals surface area contributed by atoms with Gasteiger partial charge in [0.05, 0.1) is 12.0 Å². The first-order valence-corrected chi connectivity index (χ1v) is 4.31. The Hall–Kier alpha value is -1.04. The summed E-state index contributed by atoms with van der Waals surface area (Å²) in [4.78, 5) is 13.0. The third kappa shape index (κ3) is 1.97. The van der Waals surface area contributed by atoms with Gasteiger partial charge in [-0.1, -0.05) is 6.92 Å². The van der Waals surface area contributed by atoms with Crippen molar-refractivity contribution in [2.45, 2.75) is 20.3 Å². The number of nitriles is 1. The minimum absolute atomic E-state index is 0.0424. The fourth-order valence-electron chi connectivity index (χ4n) is 1.52. The molecule has 0 N–H and O–H groups in total. The van der Waals surface area contributed by atoms with E-state index < -0.39 is 0 Å². The average molecular weight is 166 g/mol. The van der Waals surface area contributed by atoms with Gasteiger partial charge in [0, 0.05) is 19.5 Å². The fourth-order valence-corrected chi connectivity index (χ4v) is 1.52. The lowest BCUT2D eigenvalue weighted by molar-refractivity contribution is -0.128. The van der Waals surface area contributed by atoms with Gasteiger partial charge in [0.1, 0.15) is 0 Å². The normalized spacial score (nSPS) is 25.6. The highest BCUT2D eigenvalue weighted by molar-refractivity contribution is 5.78. The molecule has 2 atom stereocenters. The molecule has 1 aliphatic heterocycles. The number of carbonyl (C=O) groups is 1. The lowest BCUT2D eigenvalue weighted by atomic mass is 10.2. The van der Waals surface area contributed by atoms with Crippen LogP contribution in [-0.4, -0.2) is 23.9 Å². The molecule has 3 heteroatoms. The Balaban J connectivity index is 2.44. The molecular weight excluding hydrogens is 152 g/mol. The SMILES string of the molecule is CC(C#N)CN1CC(C)CC1=O.